The van der Waals surface area contributed by atoms with Crippen LogP contribution < -0.4 is 5.32 Å². The van der Waals surface area contributed by atoms with Crippen molar-refractivity contribution >= 4 is 22.5 Å². The average molecular weight is 470 g/mol. The van der Waals surface area contributed by atoms with Gasteiger partial charge in [0.1, 0.15) is 0 Å². The van der Waals surface area contributed by atoms with Gasteiger partial charge < -0.3 is 9.88 Å². The highest BCUT2D eigenvalue weighted by molar-refractivity contribution is 5.88. The Kier molecular flexibility index (Phi) is 7.60. The monoisotopic (exact) mass is 469 g/mol. The summed E-state index contributed by atoms with van der Waals surface area (Å²) in [4.78, 5) is 24.2. The van der Waals surface area contributed by atoms with Crippen molar-refractivity contribution in [2.45, 2.75) is 39.2 Å². The molecule has 0 saturated carbocycles. The summed E-state index contributed by atoms with van der Waals surface area (Å²) in [5, 5.41) is 15.4. The fourth-order valence-electron chi connectivity index (χ4n) is 4.47. The zero-order chi connectivity index (χ0) is 24.8. The SMILES string of the molecule is CC(C)CCNC(=O)CC(c1ccccc1)c1cn(Cc2ccccc2)c2ccc([N+](=O)[O-])cc12. The minimum atomic E-state index is -0.367. The number of hydrogen-bond acceptors (Lipinski definition) is 3. The van der Waals surface area contributed by atoms with Crippen LogP contribution in [0.4, 0.5) is 5.69 Å². The molecular formula is C29H31N3O3. The average Bonchev–Trinajstić information content (AvgIpc) is 3.20. The van der Waals surface area contributed by atoms with Gasteiger partial charge in [-0.3, -0.25) is 14.9 Å². The van der Waals surface area contributed by atoms with E-state index in [1.54, 1.807) is 12.1 Å². The van der Waals surface area contributed by atoms with Gasteiger partial charge in [0.05, 0.1) is 4.92 Å². The van der Waals surface area contributed by atoms with E-state index in [4.69, 9.17) is 0 Å². The van der Waals surface area contributed by atoms with Gasteiger partial charge in [-0.15, -0.1) is 0 Å². The molecule has 1 aromatic heterocycles. The number of aromatic nitrogens is 1. The van der Waals surface area contributed by atoms with E-state index in [-0.39, 0.29) is 28.9 Å². The van der Waals surface area contributed by atoms with Crippen LogP contribution in [0.3, 0.4) is 0 Å². The van der Waals surface area contributed by atoms with E-state index in [1.807, 2.05) is 54.6 Å². The molecule has 0 fully saturated rings. The van der Waals surface area contributed by atoms with Crippen LogP contribution in [0.25, 0.3) is 10.9 Å². The molecule has 3 aromatic carbocycles. The highest BCUT2D eigenvalue weighted by Gasteiger charge is 2.24. The van der Waals surface area contributed by atoms with Crippen molar-refractivity contribution in [1.29, 1.82) is 0 Å². The molecule has 0 saturated heterocycles. The van der Waals surface area contributed by atoms with Crippen LogP contribution in [-0.2, 0) is 11.3 Å². The van der Waals surface area contributed by atoms with Crippen molar-refractivity contribution in [3.05, 3.63) is 112 Å². The Morgan fingerprint density at radius 2 is 1.69 bits per heavy atom. The normalized spacial score (nSPS) is 12.1. The number of nitrogens with zero attached hydrogens (tertiary/aromatic N) is 2. The molecule has 0 aliphatic carbocycles. The maximum atomic E-state index is 13.0. The Balaban J connectivity index is 1.78. The molecule has 35 heavy (non-hydrogen) atoms. The van der Waals surface area contributed by atoms with Gasteiger partial charge in [-0.1, -0.05) is 74.5 Å². The molecule has 1 N–H and O–H groups in total. The number of amides is 1. The minimum Gasteiger partial charge on any atom is -0.356 e. The minimum absolute atomic E-state index is 0.0195. The molecule has 0 aliphatic heterocycles. The topological polar surface area (TPSA) is 77.2 Å². The van der Waals surface area contributed by atoms with E-state index in [0.29, 0.717) is 19.0 Å². The smallest absolute Gasteiger partial charge is 0.270 e. The Morgan fingerprint density at radius 1 is 1.00 bits per heavy atom. The highest BCUT2D eigenvalue weighted by Crippen LogP contribution is 2.36. The summed E-state index contributed by atoms with van der Waals surface area (Å²) in [5.74, 6) is 0.266. The zero-order valence-corrected chi connectivity index (χ0v) is 20.2. The Morgan fingerprint density at radius 3 is 2.34 bits per heavy atom. The first-order chi connectivity index (χ1) is 16.9. The number of carbonyl (C=O) groups is 1. The first-order valence-electron chi connectivity index (χ1n) is 12.0. The lowest BCUT2D eigenvalue weighted by Crippen LogP contribution is -2.27. The van der Waals surface area contributed by atoms with Crippen LogP contribution in [0.5, 0.6) is 0 Å². The van der Waals surface area contributed by atoms with Gasteiger partial charge in [-0.25, -0.2) is 0 Å². The van der Waals surface area contributed by atoms with Crippen LogP contribution in [-0.4, -0.2) is 21.9 Å². The summed E-state index contributed by atoms with van der Waals surface area (Å²) < 4.78 is 2.12. The van der Waals surface area contributed by atoms with E-state index in [1.165, 1.54) is 0 Å². The number of fused-ring (bicyclic) bond motifs is 1. The molecule has 0 spiro atoms. The fraction of sp³-hybridized carbons (Fsp3) is 0.276. The second kappa shape index (κ2) is 11.0. The number of nitrogens with one attached hydrogen (secondary N) is 1. The molecule has 4 aromatic rings. The third-order valence-corrected chi connectivity index (χ3v) is 6.31. The Bertz CT molecular complexity index is 1300. The predicted molar refractivity (Wildman–Crippen MR) is 140 cm³/mol. The lowest BCUT2D eigenvalue weighted by atomic mass is 9.88. The van der Waals surface area contributed by atoms with Crippen molar-refractivity contribution in [2.24, 2.45) is 5.92 Å². The van der Waals surface area contributed by atoms with Crippen LogP contribution >= 0.6 is 0 Å². The number of nitro benzene ring substituents is 1. The fourth-order valence-corrected chi connectivity index (χ4v) is 4.47. The summed E-state index contributed by atoms with van der Waals surface area (Å²) in [6, 6.07) is 25.0. The molecule has 6 heteroatoms. The maximum absolute atomic E-state index is 13.0. The first-order valence-corrected chi connectivity index (χ1v) is 12.0. The van der Waals surface area contributed by atoms with E-state index in [9.17, 15) is 14.9 Å². The first kappa shape index (κ1) is 24.2. The molecule has 1 unspecified atom stereocenters. The number of hydrogen-bond donors (Lipinski definition) is 1. The van der Waals surface area contributed by atoms with E-state index in [2.05, 4.69) is 42.1 Å². The Labute approximate surface area is 205 Å². The van der Waals surface area contributed by atoms with Crippen molar-refractivity contribution < 1.29 is 9.72 Å². The van der Waals surface area contributed by atoms with Gasteiger partial charge in [0.25, 0.3) is 5.69 Å². The molecule has 0 aliphatic rings. The summed E-state index contributed by atoms with van der Waals surface area (Å²) in [5.41, 5.74) is 4.03. The summed E-state index contributed by atoms with van der Waals surface area (Å²) in [7, 11) is 0. The standard InChI is InChI=1S/C29H31N3O3/c1-21(2)15-16-30-29(33)18-25(23-11-7-4-8-12-23)27-20-31(19-22-9-5-3-6-10-22)28-14-13-24(32(34)35)17-26(27)28/h3-14,17,20-21,25H,15-16,18-19H2,1-2H3,(H,30,33). The third-order valence-electron chi connectivity index (χ3n) is 6.31. The number of carbonyl (C=O) groups excluding carboxylic acids is 1. The molecule has 1 amide bonds. The molecular weight excluding hydrogens is 438 g/mol. The molecule has 1 heterocycles. The molecule has 1 atom stereocenters. The van der Waals surface area contributed by atoms with Crippen molar-refractivity contribution in [3.63, 3.8) is 0 Å². The summed E-state index contributed by atoms with van der Waals surface area (Å²) in [6.07, 6.45) is 3.25. The van der Waals surface area contributed by atoms with Gasteiger partial charge in [0.15, 0.2) is 0 Å². The van der Waals surface area contributed by atoms with Gasteiger partial charge >= 0.3 is 0 Å². The van der Waals surface area contributed by atoms with Crippen molar-refractivity contribution in [3.8, 4) is 0 Å². The summed E-state index contributed by atoms with van der Waals surface area (Å²) >= 11 is 0. The number of nitro groups is 1. The second-order valence-electron chi connectivity index (χ2n) is 9.36. The zero-order valence-electron chi connectivity index (χ0n) is 20.2. The molecule has 6 nitrogen and oxygen atoms in total. The van der Waals surface area contributed by atoms with Crippen molar-refractivity contribution in [2.75, 3.05) is 6.54 Å². The Hall–Kier alpha value is -3.93. The molecule has 0 bridgehead atoms. The number of benzene rings is 3. The van der Waals surface area contributed by atoms with Crippen molar-refractivity contribution in [1.82, 2.24) is 9.88 Å². The van der Waals surface area contributed by atoms with Gasteiger partial charge in [0, 0.05) is 54.7 Å². The number of non-ortho nitro benzene ring substituents is 1. The quantitative estimate of drug-likeness (QED) is 0.219. The molecule has 4 rings (SSSR count). The molecule has 180 valence electrons. The predicted octanol–water partition coefficient (Wildman–Crippen LogP) is 6.28. The maximum Gasteiger partial charge on any atom is 0.270 e. The van der Waals surface area contributed by atoms with E-state index >= 15 is 0 Å². The largest absolute Gasteiger partial charge is 0.356 e. The van der Waals surface area contributed by atoms with Crippen LogP contribution in [0.1, 0.15) is 49.3 Å². The number of rotatable bonds is 10. The van der Waals surface area contributed by atoms with Gasteiger partial charge in [-0.2, -0.15) is 0 Å². The lowest BCUT2D eigenvalue weighted by molar-refractivity contribution is -0.384. The van der Waals surface area contributed by atoms with E-state index in [0.717, 1.165) is 34.0 Å². The van der Waals surface area contributed by atoms with Crippen LogP contribution in [0.2, 0.25) is 0 Å². The van der Waals surface area contributed by atoms with Gasteiger partial charge in [-0.05, 0) is 35.1 Å². The lowest BCUT2D eigenvalue weighted by Gasteiger charge is -2.17. The third kappa shape index (κ3) is 5.96. The van der Waals surface area contributed by atoms with Crippen LogP contribution in [0, 0.1) is 16.0 Å². The molecule has 0 radical (unpaired) electrons. The van der Waals surface area contributed by atoms with Crippen LogP contribution in [0.15, 0.2) is 85.1 Å². The van der Waals surface area contributed by atoms with E-state index < -0.39 is 0 Å². The second-order valence-corrected chi connectivity index (χ2v) is 9.36. The van der Waals surface area contributed by atoms with Gasteiger partial charge in [0.2, 0.25) is 5.91 Å². The highest BCUT2D eigenvalue weighted by atomic mass is 16.6. The summed E-state index contributed by atoms with van der Waals surface area (Å²) in [6.45, 7) is 5.54.